The van der Waals surface area contributed by atoms with E-state index in [-0.39, 0.29) is 11.8 Å². The van der Waals surface area contributed by atoms with E-state index in [1.165, 1.54) is 0 Å². The molecule has 1 aliphatic rings. The van der Waals surface area contributed by atoms with E-state index in [1.54, 1.807) is 28.8 Å². The molecule has 1 saturated heterocycles. The van der Waals surface area contributed by atoms with Crippen LogP contribution in [0, 0.1) is 13.8 Å². The van der Waals surface area contributed by atoms with Crippen molar-refractivity contribution in [2.45, 2.75) is 19.9 Å². The molecule has 1 atom stereocenters. The van der Waals surface area contributed by atoms with Crippen molar-refractivity contribution in [3.05, 3.63) is 59.4 Å². The van der Waals surface area contributed by atoms with Crippen molar-refractivity contribution in [2.75, 3.05) is 16.9 Å². The minimum atomic E-state index is -0.481. The largest absolute Gasteiger partial charge is 0.324 e. The van der Waals surface area contributed by atoms with Crippen molar-refractivity contribution in [2.24, 2.45) is 0 Å². The topological polar surface area (TPSA) is 62.3 Å². The lowest BCUT2D eigenvalue weighted by Crippen LogP contribution is -2.44. The van der Waals surface area contributed by atoms with Crippen molar-refractivity contribution < 1.29 is 9.59 Å². The van der Waals surface area contributed by atoms with Crippen molar-refractivity contribution in [3.8, 4) is 0 Å². The van der Waals surface area contributed by atoms with Crippen molar-refractivity contribution in [1.82, 2.24) is 9.88 Å². The predicted octanol–water partition coefficient (Wildman–Crippen LogP) is 2.85. The fourth-order valence-electron chi connectivity index (χ4n) is 2.62. The number of benzene rings is 1. The van der Waals surface area contributed by atoms with Gasteiger partial charge in [0.2, 0.25) is 5.91 Å². The summed E-state index contributed by atoms with van der Waals surface area (Å²) in [6.45, 7) is 3.82. The summed E-state index contributed by atoms with van der Waals surface area (Å²) in [6.07, 6.45) is 0. The summed E-state index contributed by atoms with van der Waals surface area (Å²) in [5.41, 5.74) is 2.99. The van der Waals surface area contributed by atoms with Gasteiger partial charge in [-0.15, -0.1) is 11.8 Å². The number of nitrogens with zero attached hydrogens (tertiary/aromatic N) is 2. The van der Waals surface area contributed by atoms with Gasteiger partial charge in [0.1, 0.15) is 11.7 Å². The Morgan fingerprint density at radius 2 is 2.00 bits per heavy atom. The Hall–Kier alpha value is -2.34. The normalized spacial score (nSPS) is 16.9. The van der Waals surface area contributed by atoms with Crippen molar-refractivity contribution in [1.29, 1.82) is 0 Å². The summed E-state index contributed by atoms with van der Waals surface area (Å²) >= 11 is 1.58. The van der Waals surface area contributed by atoms with Gasteiger partial charge in [0.15, 0.2) is 0 Å². The lowest BCUT2D eigenvalue weighted by atomic mass is 10.2. The highest BCUT2D eigenvalue weighted by Crippen LogP contribution is 2.24. The van der Waals surface area contributed by atoms with Crippen LogP contribution in [-0.4, -0.2) is 39.4 Å². The number of rotatable bonds is 3. The Morgan fingerprint density at radius 3 is 2.75 bits per heavy atom. The van der Waals surface area contributed by atoms with Gasteiger partial charge in [-0.3, -0.25) is 9.59 Å². The molecule has 6 heteroatoms. The summed E-state index contributed by atoms with van der Waals surface area (Å²) in [4.78, 5) is 31.2. The number of pyridine rings is 1. The van der Waals surface area contributed by atoms with Crippen LogP contribution < -0.4 is 5.32 Å². The molecule has 1 fully saturated rings. The monoisotopic (exact) mass is 341 g/mol. The third kappa shape index (κ3) is 3.59. The van der Waals surface area contributed by atoms with E-state index in [9.17, 15) is 9.59 Å². The fraction of sp³-hybridized carbons (Fsp3) is 0.278. The van der Waals surface area contributed by atoms with E-state index in [0.717, 1.165) is 16.9 Å². The molecular formula is C18H19N3O2S. The number of hydrogen-bond acceptors (Lipinski definition) is 4. The number of thioether (sulfide) groups is 1. The second kappa shape index (κ2) is 7.05. The Balaban J connectivity index is 1.75. The first-order valence-electron chi connectivity index (χ1n) is 7.74. The zero-order chi connectivity index (χ0) is 17.1. The van der Waals surface area contributed by atoms with Crippen molar-refractivity contribution >= 4 is 29.3 Å². The van der Waals surface area contributed by atoms with E-state index in [0.29, 0.717) is 17.3 Å². The van der Waals surface area contributed by atoms with Crippen LogP contribution in [0.25, 0.3) is 0 Å². The highest BCUT2D eigenvalue weighted by atomic mass is 32.2. The number of amides is 2. The number of carbonyl (C=O) groups is 2. The van der Waals surface area contributed by atoms with E-state index in [4.69, 9.17) is 0 Å². The maximum absolute atomic E-state index is 12.7. The highest BCUT2D eigenvalue weighted by molar-refractivity contribution is 7.99. The van der Waals surface area contributed by atoms with E-state index < -0.39 is 6.04 Å². The molecule has 2 amide bonds. The molecule has 5 nitrogen and oxygen atoms in total. The van der Waals surface area contributed by atoms with Crippen molar-refractivity contribution in [3.63, 3.8) is 0 Å². The summed E-state index contributed by atoms with van der Waals surface area (Å²) in [5, 5.41) is 2.91. The Morgan fingerprint density at radius 1 is 1.21 bits per heavy atom. The summed E-state index contributed by atoms with van der Waals surface area (Å²) in [5.74, 6) is 0.731. The summed E-state index contributed by atoms with van der Waals surface area (Å²) in [7, 11) is 0. The summed E-state index contributed by atoms with van der Waals surface area (Å²) in [6, 6.07) is 12.5. The smallest absolute Gasteiger partial charge is 0.273 e. The predicted molar refractivity (Wildman–Crippen MR) is 96.1 cm³/mol. The molecule has 24 heavy (non-hydrogen) atoms. The van der Waals surface area contributed by atoms with Crippen LogP contribution in [0.4, 0.5) is 5.69 Å². The minimum Gasteiger partial charge on any atom is -0.324 e. The zero-order valence-corrected chi connectivity index (χ0v) is 14.5. The first kappa shape index (κ1) is 16.5. The van der Waals surface area contributed by atoms with Crippen LogP contribution in [0.3, 0.4) is 0 Å². The molecule has 1 aromatic heterocycles. The molecule has 124 valence electrons. The van der Waals surface area contributed by atoms with Gasteiger partial charge in [0, 0.05) is 17.1 Å². The molecule has 1 aliphatic heterocycles. The third-order valence-corrected chi connectivity index (χ3v) is 4.85. The van der Waals surface area contributed by atoms with Gasteiger partial charge in [0.05, 0.1) is 5.88 Å². The van der Waals surface area contributed by atoms with Crippen LogP contribution >= 0.6 is 11.8 Å². The maximum atomic E-state index is 12.7. The second-order valence-electron chi connectivity index (χ2n) is 5.81. The SMILES string of the molecule is Cc1cccc(NC(=O)[C@H]2CSCN2C(=O)c2cccc(C)n2)c1. The molecule has 0 spiro atoms. The molecule has 1 N–H and O–H groups in total. The van der Waals surface area contributed by atoms with Crippen LogP contribution in [-0.2, 0) is 4.79 Å². The van der Waals surface area contributed by atoms with Gasteiger partial charge in [0.25, 0.3) is 5.91 Å². The van der Waals surface area contributed by atoms with Gasteiger partial charge in [-0.05, 0) is 43.7 Å². The van der Waals surface area contributed by atoms with Gasteiger partial charge >= 0.3 is 0 Å². The zero-order valence-electron chi connectivity index (χ0n) is 13.7. The Kier molecular flexibility index (Phi) is 4.85. The lowest BCUT2D eigenvalue weighted by Gasteiger charge is -2.23. The van der Waals surface area contributed by atoms with Crippen LogP contribution in [0.1, 0.15) is 21.7 Å². The van der Waals surface area contributed by atoms with E-state index >= 15 is 0 Å². The molecule has 2 heterocycles. The van der Waals surface area contributed by atoms with Gasteiger partial charge in [-0.25, -0.2) is 4.98 Å². The minimum absolute atomic E-state index is 0.161. The molecule has 0 bridgehead atoms. The lowest BCUT2D eigenvalue weighted by molar-refractivity contribution is -0.119. The molecular weight excluding hydrogens is 322 g/mol. The quantitative estimate of drug-likeness (QED) is 0.932. The standard InChI is InChI=1S/C18H19N3O2S/c1-12-5-3-7-14(9-12)20-17(22)16-10-24-11-21(16)18(23)15-8-4-6-13(2)19-15/h3-9,16H,10-11H2,1-2H3,(H,20,22)/t16-/m1/s1. The van der Waals surface area contributed by atoms with E-state index in [2.05, 4.69) is 10.3 Å². The molecule has 0 unspecified atom stereocenters. The molecule has 0 saturated carbocycles. The second-order valence-corrected chi connectivity index (χ2v) is 6.81. The fourth-order valence-corrected chi connectivity index (χ4v) is 3.77. The maximum Gasteiger partial charge on any atom is 0.273 e. The third-order valence-electron chi connectivity index (χ3n) is 3.84. The van der Waals surface area contributed by atoms with E-state index in [1.807, 2.05) is 44.2 Å². The van der Waals surface area contributed by atoms with Crippen LogP contribution in [0.5, 0.6) is 0 Å². The molecule has 2 aromatic rings. The van der Waals surface area contributed by atoms with Gasteiger partial charge in [-0.1, -0.05) is 18.2 Å². The number of aryl methyl sites for hydroxylation is 2. The van der Waals surface area contributed by atoms with Gasteiger partial charge in [-0.2, -0.15) is 0 Å². The molecule has 1 aromatic carbocycles. The number of aromatic nitrogens is 1. The highest BCUT2D eigenvalue weighted by Gasteiger charge is 2.35. The number of nitrogens with one attached hydrogen (secondary N) is 1. The molecule has 0 aliphatic carbocycles. The Labute approximate surface area is 145 Å². The first-order chi connectivity index (χ1) is 11.5. The first-order valence-corrected chi connectivity index (χ1v) is 8.90. The van der Waals surface area contributed by atoms with Gasteiger partial charge < -0.3 is 10.2 Å². The average Bonchev–Trinajstić information content (AvgIpc) is 3.04. The average molecular weight is 341 g/mol. The van der Waals surface area contributed by atoms with Crippen LogP contribution in [0.2, 0.25) is 0 Å². The van der Waals surface area contributed by atoms with Crippen LogP contribution in [0.15, 0.2) is 42.5 Å². The Bertz CT molecular complexity index is 778. The number of anilines is 1. The number of carbonyl (C=O) groups excluding carboxylic acids is 2. The number of hydrogen-bond donors (Lipinski definition) is 1. The summed E-state index contributed by atoms with van der Waals surface area (Å²) < 4.78 is 0. The molecule has 3 rings (SSSR count). The molecule has 0 radical (unpaired) electrons.